The Labute approximate surface area is 131 Å². The Bertz CT molecular complexity index is 572. The molecule has 7 heteroatoms. The molecule has 2 fully saturated rings. The summed E-state index contributed by atoms with van der Waals surface area (Å²) in [6.07, 6.45) is 0.770. The zero-order chi connectivity index (χ0) is 15.4. The molecular weight excluding hydrogens is 304 g/mol. The summed E-state index contributed by atoms with van der Waals surface area (Å²) >= 11 is 0. The summed E-state index contributed by atoms with van der Waals surface area (Å²) in [4.78, 5) is 2.62. The second-order valence-electron chi connectivity index (χ2n) is 5.71. The van der Waals surface area contributed by atoms with Crippen LogP contribution in [0.15, 0.2) is 35.2 Å². The maximum atomic E-state index is 12.4. The Morgan fingerprint density at radius 3 is 2.50 bits per heavy atom. The van der Waals surface area contributed by atoms with Gasteiger partial charge in [0.2, 0.25) is 10.0 Å². The number of nitrogens with zero attached hydrogens (tertiary/aromatic N) is 1. The van der Waals surface area contributed by atoms with Gasteiger partial charge < -0.3 is 9.47 Å². The SMILES string of the molecule is O=S(=O)(N[C@@H]1COC[C@H](N2CCOCC2)C1)c1ccccc1. The molecular formula is C15H22N2O4S. The van der Waals surface area contributed by atoms with Crippen molar-refractivity contribution in [2.75, 3.05) is 39.5 Å². The Morgan fingerprint density at radius 1 is 1.05 bits per heavy atom. The number of morpholine rings is 1. The van der Waals surface area contributed by atoms with Crippen molar-refractivity contribution in [3.8, 4) is 0 Å². The average molecular weight is 326 g/mol. The second-order valence-corrected chi connectivity index (χ2v) is 7.42. The van der Waals surface area contributed by atoms with E-state index in [1.54, 1.807) is 30.3 Å². The molecule has 6 nitrogen and oxygen atoms in total. The fourth-order valence-corrected chi connectivity index (χ4v) is 4.23. The van der Waals surface area contributed by atoms with Gasteiger partial charge in [-0.15, -0.1) is 0 Å². The van der Waals surface area contributed by atoms with Crippen molar-refractivity contribution in [2.45, 2.75) is 23.4 Å². The first-order chi connectivity index (χ1) is 10.6. The van der Waals surface area contributed by atoms with Gasteiger partial charge in [-0.25, -0.2) is 13.1 Å². The second kappa shape index (κ2) is 7.06. The molecule has 2 saturated heterocycles. The van der Waals surface area contributed by atoms with Crippen LogP contribution in [0.5, 0.6) is 0 Å². The highest BCUT2D eigenvalue weighted by Crippen LogP contribution is 2.17. The first-order valence-corrected chi connectivity index (χ1v) is 9.10. The quantitative estimate of drug-likeness (QED) is 0.870. The van der Waals surface area contributed by atoms with Gasteiger partial charge in [-0.2, -0.15) is 0 Å². The van der Waals surface area contributed by atoms with E-state index in [0.29, 0.717) is 18.1 Å². The van der Waals surface area contributed by atoms with Crippen molar-refractivity contribution in [1.29, 1.82) is 0 Å². The van der Waals surface area contributed by atoms with E-state index in [-0.39, 0.29) is 12.1 Å². The lowest BCUT2D eigenvalue weighted by Crippen LogP contribution is -2.53. The van der Waals surface area contributed by atoms with E-state index in [4.69, 9.17) is 9.47 Å². The van der Waals surface area contributed by atoms with Crippen LogP contribution in [0.2, 0.25) is 0 Å². The molecule has 1 aromatic rings. The minimum atomic E-state index is -3.49. The molecule has 3 rings (SSSR count). The normalized spacial score (nSPS) is 27.6. The third-order valence-corrected chi connectivity index (χ3v) is 5.66. The molecule has 2 aliphatic rings. The van der Waals surface area contributed by atoms with Gasteiger partial charge >= 0.3 is 0 Å². The van der Waals surface area contributed by atoms with E-state index in [1.165, 1.54) is 0 Å². The molecule has 0 saturated carbocycles. The van der Waals surface area contributed by atoms with E-state index in [1.807, 2.05) is 0 Å². The van der Waals surface area contributed by atoms with Crippen molar-refractivity contribution in [1.82, 2.24) is 9.62 Å². The number of ether oxygens (including phenoxy) is 2. The predicted octanol–water partition coefficient (Wildman–Crippen LogP) is 0.455. The number of nitrogens with one attached hydrogen (secondary N) is 1. The summed E-state index contributed by atoms with van der Waals surface area (Å²) in [6, 6.07) is 8.52. The van der Waals surface area contributed by atoms with Gasteiger partial charge in [0.05, 0.1) is 31.3 Å². The Balaban J connectivity index is 1.62. The van der Waals surface area contributed by atoms with Gasteiger partial charge in [-0.1, -0.05) is 18.2 Å². The number of sulfonamides is 1. The third kappa shape index (κ3) is 3.85. The number of benzene rings is 1. The topological polar surface area (TPSA) is 67.9 Å². The lowest BCUT2D eigenvalue weighted by atomic mass is 10.0. The van der Waals surface area contributed by atoms with Crippen LogP contribution in [-0.4, -0.2) is 64.9 Å². The van der Waals surface area contributed by atoms with E-state index < -0.39 is 10.0 Å². The highest BCUT2D eigenvalue weighted by molar-refractivity contribution is 7.89. The van der Waals surface area contributed by atoms with Crippen molar-refractivity contribution < 1.29 is 17.9 Å². The minimum Gasteiger partial charge on any atom is -0.379 e. The van der Waals surface area contributed by atoms with Crippen molar-refractivity contribution in [2.24, 2.45) is 0 Å². The molecule has 2 aliphatic heterocycles. The lowest BCUT2D eigenvalue weighted by molar-refractivity contribution is -0.0388. The molecule has 1 N–H and O–H groups in total. The first-order valence-electron chi connectivity index (χ1n) is 7.62. The fraction of sp³-hybridized carbons (Fsp3) is 0.600. The van der Waals surface area contributed by atoms with Gasteiger partial charge in [0, 0.05) is 25.2 Å². The van der Waals surface area contributed by atoms with Crippen LogP contribution < -0.4 is 4.72 Å². The Hall–Kier alpha value is -0.990. The van der Waals surface area contributed by atoms with E-state index in [9.17, 15) is 8.42 Å². The van der Waals surface area contributed by atoms with Gasteiger partial charge in [0.1, 0.15) is 0 Å². The van der Waals surface area contributed by atoms with Crippen LogP contribution >= 0.6 is 0 Å². The molecule has 0 amide bonds. The number of rotatable bonds is 4. The van der Waals surface area contributed by atoms with Crippen LogP contribution in [0.3, 0.4) is 0 Å². The largest absolute Gasteiger partial charge is 0.379 e. The first kappa shape index (κ1) is 15.9. The van der Waals surface area contributed by atoms with E-state index >= 15 is 0 Å². The molecule has 0 unspecified atom stereocenters. The van der Waals surface area contributed by atoms with Gasteiger partial charge in [-0.05, 0) is 18.6 Å². The highest BCUT2D eigenvalue weighted by Gasteiger charge is 2.30. The van der Waals surface area contributed by atoms with Crippen molar-refractivity contribution in [3.63, 3.8) is 0 Å². The molecule has 1 aromatic carbocycles. The summed E-state index contributed by atoms with van der Waals surface area (Å²) in [5.41, 5.74) is 0. The molecule has 2 heterocycles. The van der Waals surface area contributed by atoms with Gasteiger partial charge in [0.25, 0.3) is 0 Å². The molecule has 0 radical (unpaired) electrons. The number of hydrogen-bond donors (Lipinski definition) is 1. The van der Waals surface area contributed by atoms with Gasteiger partial charge in [-0.3, -0.25) is 4.90 Å². The number of hydrogen-bond acceptors (Lipinski definition) is 5. The molecule has 0 spiro atoms. The van der Waals surface area contributed by atoms with Crippen LogP contribution in [0.25, 0.3) is 0 Å². The summed E-state index contributed by atoms with van der Waals surface area (Å²) < 4.78 is 38.5. The molecule has 0 aromatic heterocycles. The molecule has 0 bridgehead atoms. The average Bonchev–Trinajstić information content (AvgIpc) is 2.56. The highest BCUT2D eigenvalue weighted by atomic mass is 32.2. The zero-order valence-corrected chi connectivity index (χ0v) is 13.3. The molecule has 22 heavy (non-hydrogen) atoms. The van der Waals surface area contributed by atoms with E-state index in [0.717, 1.165) is 32.7 Å². The summed E-state index contributed by atoms with van der Waals surface area (Å²) in [7, 11) is -3.49. The standard InChI is InChI=1S/C15H22N2O4S/c18-22(19,15-4-2-1-3-5-15)16-13-10-14(12-21-11-13)17-6-8-20-9-7-17/h1-5,13-14,16H,6-12H2/t13-,14+/m0/s1. The van der Waals surface area contributed by atoms with Crippen LogP contribution in [0, 0.1) is 0 Å². The van der Waals surface area contributed by atoms with Crippen molar-refractivity contribution >= 4 is 10.0 Å². The molecule has 0 aliphatic carbocycles. The summed E-state index contributed by atoms with van der Waals surface area (Å²) in [5.74, 6) is 0. The Morgan fingerprint density at radius 2 is 1.77 bits per heavy atom. The maximum Gasteiger partial charge on any atom is 0.240 e. The zero-order valence-electron chi connectivity index (χ0n) is 12.5. The fourth-order valence-electron chi connectivity index (χ4n) is 2.98. The smallest absolute Gasteiger partial charge is 0.240 e. The van der Waals surface area contributed by atoms with Gasteiger partial charge in [0.15, 0.2) is 0 Å². The van der Waals surface area contributed by atoms with Crippen molar-refractivity contribution in [3.05, 3.63) is 30.3 Å². The third-order valence-electron chi connectivity index (χ3n) is 4.12. The molecule has 2 atom stereocenters. The summed E-state index contributed by atoms with van der Waals surface area (Å²) in [6.45, 7) is 4.31. The maximum absolute atomic E-state index is 12.4. The monoisotopic (exact) mass is 326 g/mol. The lowest BCUT2D eigenvalue weighted by Gasteiger charge is -2.39. The van der Waals surface area contributed by atoms with E-state index in [2.05, 4.69) is 9.62 Å². The molecule has 122 valence electrons. The predicted molar refractivity (Wildman–Crippen MR) is 82.2 cm³/mol. The Kier molecular flexibility index (Phi) is 5.10. The van der Waals surface area contributed by atoms with Crippen LogP contribution in [0.4, 0.5) is 0 Å². The minimum absolute atomic E-state index is 0.188. The summed E-state index contributed by atoms with van der Waals surface area (Å²) in [5, 5.41) is 0. The van der Waals surface area contributed by atoms with Crippen LogP contribution in [0.1, 0.15) is 6.42 Å². The van der Waals surface area contributed by atoms with Crippen LogP contribution in [-0.2, 0) is 19.5 Å².